The number of benzene rings is 2. The summed E-state index contributed by atoms with van der Waals surface area (Å²) in [5.74, 6) is -2.24. The Hall–Kier alpha value is -3.42. The maximum Gasteiger partial charge on any atom is 0.251 e. The first-order valence-electron chi connectivity index (χ1n) is 7.92. The second-order valence-corrected chi connectivity index (χ2v) is 5.40. The molecule has 0 radical (unpaired) electrons. The molecule has 0 aliphatic carbocycles. The van der Waals surface area contributed by atoms with E-state index in [1.54, 1.807) is 24.3 Å². The van der Waals surface area contributed by atoms with E-state index < -0.39 is 11.7 Å². The molecule has 0 unspecified atom stereocenters. The van der Waals surface area contributed by atoms with Crippen molar-refractivity contribution in [3.63, 3.8) is 0 Å². The number of hydrogen-bond acceptors (Lipinski definition) is 4. The number of hydrogen-bond donors (Lipinski definition) is 4. The van der Waals surface area contributed by atoms with Crippen molar-refractivity contribution < 1.29 is 18.8 Å². The molecule has 0 fully saturated rings. The highest BCUT2D eigenvalue weighted by atomic mass is 19.1. The van der Waals surface area contributed by atoms with Crippen molar-refractivity contribution in [1.82, 2.24) is 5.32 Å². The van der Waals surface area contributed by atoms with Crippen LogP contribution in [0.3, 0.4) is 0 Å². The Morgan fingerprint density at radius 2 is 1.85 bits per heavy atom. The molecule has 0 atom stereocenters. The van der Waals surface area contributed by atoms with Crippen LogP contribution in [0.1, 0.15) is 27.6 Å². The number of carbonyl (C=O) groups is 3. The minimum absolute atomic E-state index is 0.124. The van der Waals surface area contributed by atoms with Crippen LogP contribution in [0.25, 0.3) is 0 Å². The lowest BCUT2D eigenvalue weighted by Gasteiger charge is -2.10. The third-order valence-corrected chi connectivity index (χ3v) is 3.43. The zero-order valence-electron chi connectivity index (χ0n) is 14.1. The lowest BCUT2D eigenvalue weighted by Crippen LogP contribution is -2.24. The van der Waals surface area contributed by atoms with Gasteiger partial charge in [-0.3, -0.25) is 14.4 Å². The van der Waals surface area contributed by atoms with E-state index in [0.29, 0.717) is 23.5 Å². The van der Waals surface area contributed by atoms with E-state index in [2.05, 4.69) is 16.0 Å². The van der Waals surface area contributed by atoms with E-state index in [9.17, 15) is 18.8 Å². The van der Waals surface area contributed by atoms with Crippen molar-refractivity contribution >= 4 is 29.1 Å². The summed E-state index contributed by atoms with van der Waals surface area (Å²) in [6, 6.07) is 10.3. The van der Waals surface area contributed by atoms with Gasteiger partial charge in [-0.15, -0.1) is 0 Å². The van der Waals surface area contributed by atoms with E-state index in [-0.39, 0.29) is 23.9 Å². The Balaban J connectivity index is 1.95. The van der Waals surface area contributed by atoms with E-state index in [4.69, 9.17) is 5.73 Å². The molecule has 0 saturated heterocycles. The average molecular weight is 358 g/mol. The van der Waals surface area contributed by atoms with E-state index in [1.807, 2.05) is 6.92 Å². The summed E-state index contributed by atoms with van der Waals surface area (Å²) in [4.78, 5) is 34.8. The van der Waals surface area contributed by atoms with Gasteiger partial charge in [-0.2, -0.15) is 0 Å². The molecule has 0 spiro atoms. The fourth-order valence-electron chi connectivity index (χ4n) is 2.21. The van der Waals surface area contributed by atoms with E-state index >= 15 is 0 Å². The summed E-state index contributed by atoms with van der Waals surface area (Å²) < 4.78 is 13.7. The van der Waals surface area contributed by atoms with Crippen molar-refractivity contribution in [3.8, 4) is 0 Å². The van der Waals surface area contributed by atoms with Gasteiger partial charge in [0.25, 0.3) is 11.8 Å². The molecule has 8 heteroatoms. The van der Waals surface area contributed by atoms with Crippen LogP contribution in [0, 0.1) is 5.82 Å². The normalized spacial score (nSPS) is 10.1. The zero-order valence-corrected chi connectivity index (χ0v) is 14.1. The number of halogens is 1. The lowest BCUT2D eigenvalue weighted by atomic mass is 10.2. The number of carbonyl (C=O) groups excluding carboxylic acids is 3. The predicted octanol–water partition coefficient (Wildman–Crippen LogP) is 1.72. The molecule has 2 aromatic carbocycles. The molecule has 0 bridgehead atoms. The fourth-order valence-corrected chi connectivity index (χ4v) is 2.21. The highest BCUT2D eigenvalue weighted by molar-refractivity contribution is 5.98. The number of rotatable bonds is 7. The van der Waals surface area contributed by atoms with Crippen LogP contribution in [-0.4, -0.2) is 30.8 Å². The number of nitrogens with two attached hydrogens (primary N) is 1. The first-order valence-corrected chi connectivity index (χ1v) is 7.92. The highest BCUT2D eigenvalue weighted by Gasteiger charge is 2.10. The second-order valence-electron chi connectivity index (χ2n) is 5.40. The molecule has 0 saturated carbocycles. The van der Waals surface area contributed by atoms with Gasteiger partial charge in [-0.05, 0) is 43.3 Å². The quantitative estimate of drug-likeness (QED) is 0.603. The van der Waals surface area contributed by atoms with Gasteiger partial charge in [0, 0.05) is 23.5 Å². The highest BCUT2D eigenvalue weighted by Crippen LogP contribution is 2.14. The van der Waals surface area contributed by atoms with Crippen LogP contribution in [0.2, 0.25) is 0 Å². The molecule has 3 amide bonds. The van der Waals surface area contributed by atoms with Crippen LogP contribution in [0.4, 0.5) is 15.8 Å². The summed E-state index contributed by atoms with van der Waals surface area (Å²) in [5.41, 5.74) is 6.05. The lowest BCUT2D eigenvalue weighted by molar-refractivity contribution is -0.114. The van der Waals surface area contributed by atoms with Gasteiger partial charge in [-0.1, -0.05) is 6.07 Å². The van der Waals surface area contributed by atoms with Crippen LogP contribution < -0.4 is 21.7 Å². The number of nitrogens with one attached hydrogen (secondary N) is 3. The first kappa shape index (κ1) is 18.9. The summed E-state index contributed by atoms with van der Waals surface area (Å²) in [6.07, 6.45) is 0. The minimum Gasteiger partial charge on any atom is -0.376 e. The molecule has 7 nitrogen and oxygen atoms in total. The fraction of sp³-hybridized carbons (Fsp3) is 0.167. The van der Waals surface area contributed by atoms with Gasteiger partial charge in [0.15, 0.2) is 0 Å². The van der Waals surface area contributed by atoms with Crippen LogP contribution in [0.15, 0.2) is 42.5 Å². The van der Waals surface area contributed by atoms with Gasteiger partial charge < -0.3 is 21.7 Å². The van der Waals surface area contributed by atoms with Gasteiger partial charge in [0.1, 0.15) is 5.82 Å². The molecule has 5 N–H and O–H groups in total. The smallest absolute Gasteiger partial charge is 0.251 e. The molecule has 0 aromatic heterocycles. The van der Waals surface area contributed by atoms with Gasteiger partial charge in [0.05, 0.1) is 12.1 Å². The topological polar surface area (TPSA) is 113 Å². The van der Waals surface area contributed by atoms with Crippen LogP contribution in [-0.2, 0) is 4.79 Å². The zero-order chi connectivity index (χ0) is 19.1. The average Bonchev–Trinajstić information content (AvgIpc) is 2.60. The Labute approximate surface area is 149 Å². The number of amides is 3. The van der Waals surface area contributed by atoms with Crippen molar-refractivity contribution in [2.24, 2.45) is 5.73 Å². The van der Waals surface area contributed by atoms with E-state index in [1.165, 1.54) is 12.1 Å². The molecule has 0 aliphatic heterocycles. The molecule has 2 rings (SSSR count). The Bertz CT molecular complexity index is 839. The van der Waals surface area contributed by atoms with Gasteiger partial charge in [-0.25, -0.2) is 4.39 Å². The number of anilines is 2. The van der Waals surface area contributed by atoms with Crippen molar-refractivity contribution in [1.29, 1.82) is 0 Å². The minimum atomic E-state index is -0.862. The Morgan fingerprint density at radius 3 is 2.50 bits per heavy atom. The molecule has 2 aromatic rings. The van der Waals surface area contributed by atoms with Crippen molar-refractivity contribution in [3.05, 3.63) is 59.4 Å². The standard InChI is InChI=1S/C18H19FN4O3/c1-2-21-18(26)11-4-3-5-13(8-11)23-16(24)10-22-12-6-7-14(17(20)25)15(19)9-12/h3-9,22H,2,10H2,1H3,(H2,20,25)(H,21,26)(H,23,24). The number of primary amides is 1. The Kier molecular flexibility index (Phi) is 6.26. The summed E-state index contributed by atoms with van der Waals surface area (Å²) in [5, 5.41) is 8.06. The van der Waals surface area contributed by atoms with Crippen molar-refractivity contribution in [2.75, 3.05) is 23.7 Å². The third-order valence-electron chi connectivity index (χ3n) is 3.43. The van der Waals surface area contributed by atoms with Gasteiger partial charge >= 0.3 is 0 Å². The molecular formula is C18H19FN4O3. The largest absolute Gasteiger partial charge is 0.376 e. The monoisotopic (exact) mass is 358 g/mol. The third kappa shape index (κ3) is 5.04. The Morgan fingerprint density at radius 1 is 1.08 bits per heavy atom. The molecule has 0 aliphatic rings. The van der Waals surface area contributed by atoms with Crippen LogP contribution >= 0.6 is 0 Å². The van der Waals surface area contributed by atoms with Crippen LogP contribution in [0.5, 0.6) is 0 Å². The summed E-state index contributed by atoms with van der Waals surface area (Å²) >= 11 is 0. The summed E-state index contributed by atoms with van der Waals surface area (Å²) in [6.45, 7) is 2.19. The predicted molar refractivity (Wildman–Crippen MR) is 96.5 cm³/mol. The second kappa shape index (κ2) is 8.61. The molecule has 26 heavy (non-hydrogen) atoms. The SMILES string of the molecule is CCNC(=O)c1cccc(NC(=O)CNc2ccc(C(N)=O)c(F)c2)c1. The maximum atomic E-state index is 13.7. The first-order chi connectivity index (χ1) is 12.4. The van der Waals surface area contributed by atoms with Crippen molar-refractivity contribution in [2.45, 2.75) is 6.92 Å². The molecular weight excluding hydrogens is 339 g/mol. The summed E-state index contributed by atoms with van der Waals surface area (Å²) in [7, 11) is 0. The van der Waals surface area contributed by atoms with Gasteiger partial charge in [0.2, 0.25) is 5.91 Å². The maximum absolute atomic E-state index is 13.7. The molecule has 136 valence electrons. The molecule has 0 heterocycles. The van der Waals surface area contributed by atoms with E-state index in [0.717, 1.165) is 6.07 Å².